The number of aryl methyl sites for hydroxylation is 1. The highest BCUT2D eigenvalue weighted by Gasteiger charge is 2.10. The van der Waals surface area contributed by atoms with Gasteiger partial charge in [-0.3, -0.25) is 4.79 Å². The topological polar surface area (TPSA) is 98.7 Å². The van der Waals surface area contributed by atoms with E-state index in [1.165, 1.54) is 10.9 Å². The predicted octanol–water partition coefficient (Wildman–Crippen LogP) is 0.892. The van der Waals surface area contributed by atoms with Crippen LogP contribution < -0.4 is 11.1 Å². The first-order chi connectivity index (χ1) is 9.11. The maximum atomic E-state index is 11.1. The molecule has 100 valence electrons. The minimum Gasteiger partial charge on any atom is -0.366 e. The van der Waals surface area contributed by atoms with Crippen LogP contribution in [0.1, 0.15) is 29.3 Å². The molecule has 7 heteroatoms. The molecular formula is C12H16N6O. The Labute approximate surface area is 110 Å². The van der Waals surface area contributed by atoms with Crippen molar-refractivity contribution in [2.45, 2.75) is 20.3 Å². The summed E-state index contributed by atoms with van der Waals surface area (Å²) in [6.07, 6.45) is 5.68. The zero-order valence-electron chi connectivity index (χ0n) is 10.9. The first-order valence-corrected chi connectivity index (χ1v) is 6.04. The average molecular weight is 260 g/mol. The molecule has 2 aromatic rings. The van der Waals surface area contributed by atoms with Crippen molar-refractivity contribution in [1.82, 2.24) is 19.7 Å². The van der Waals surface area contributed by atoms with E-state index >= 15 is 0 Å². The Hall–Kier alpha value is -2.44. The van der Waals surface area contributed by atoms with Crippen molar-refractivity contribution in [3.05, 3.63) is 29.7 Å². The molecule has 0 fully saturated rings. The molecule has 7 nitrogen and oxygen atoms in total. The number of amides is 1. The summed E-state index contributed by atoms with van der Waals surface area (Å²) in [4.78, 5) is 19.6. The molecule has 2 aromatic heterocycles. The van der Waals surface area contributed by atoms with Crippen LogP contribution in [0.25, 0.3) is 5.82 Å². The molecule has 0 aliphatic rings. The van der Waals surface area contributed by atoms with Crippen LogP contribution >= 0.6 is 0 Å². The molecule has 0 saturated heterocycles. The second kappa shape index (κ2) is 5.47. The van der Waals surface area contributed by atoms with Crippen LogP contribution in [0, 0.1) is 6.92 Å². The SMILES string of the molecule is CCCNc1ncc(C)c(-n2cc(C(N)=O)cn2)n1. The number of nitrogens with two attached hydrogens (primary N) is 1. The number of nitrogens with one attached hydrogen (secondary N) is 1. The fraction of sp³-hybridized carbons (Fsp3) is 0.333. The number of aromatic nitrogens is 4. The maximum absolute atomic E-state index is 11.1. The third kappa shape index (κ3) is 2.87. The van der Waals surface area contributed by atoms with Gasteiger partial charge < -0.3 is 11.1 Å². The summed E-state index contributed by atoms with van der Waals surface area (Å²) in [5.41, 5.74) is 6.41. The summed E-state index contributed by atoms with van der Waals surface area (Å²) in [5.74, 6) is 0.655. The molecule has 0 radical (unpaired) electrons. The van der Waals surface area contributed by atoms with Gasteiger partial charge in [-0.25, -0.2) is 9.67 Å². The van der Waals surface area contributed by atoms with E-state index in [0.29, 0.717) is 17.3 Å². The van der Waals surface area contributed by atoms with Gasteiger partial charge in [0, 0.05) is 24.5 Å². The zero-order chi connectivity index (χ0) is 13.8. The lowest BCUT2D eigenvalue weighted by atomic mass is 10.3. The van der Waals surface area contributed by atoms with Crippen molar-refractivity contribution in [2.24, 2.45) is 5.73 Å². The number of carbonyl (C=O) groups excluding carboxylic acids is 1. The van der Waals surface area contributed by atoms with E-state index in [2.05, 4.69) is 27.3 Å². The normalized spacial score (nSPS) is 10.4. The molecule has 0 bridgehead atoms. The fourth-order valence-electron chi connectivity index (χ4n) is 1.55. The average Bonchev–Trinajstić information content (AvgIpc) is 2.87. The summed E-state index contributed by atoms with van der Waals surface area (Å²) < 4.78 is 1.52. The largest absolute Gasteiger partial charge is 0.366 e. The van der Waals surface area contributed by atoms with E-state index in [0.717, 1.165) is 18.5 Å². The molecule has 2 heterocycles. The van der Waals surface area contributed by atoms with Crippen molar-refractivity contribution in [1.29, 1.82) is 0 Å². The Morgan fingerprint density at radius 3 is 2.89 bits per heavy atom. The highest BCUT2D eigenvalue weighted by atomic mass is 16.1. The van der Waals surface area contributed by atoms with Gasteiger partial charge in [-0.1, -0.05) is 6.92 Å². The highest BCUT2D eigenvalue weighted by Crippen LogP contribution is 2.12. The lowest BCUT2D eigenvalue weighted by molar-refractivity contribution is 0.100. The van der Waals surface area contributed by atoms with Gasteiger partial charge in [0.25, 0.3) is 5.91 Å². The van der Waals surface area contributed by atoms with E-state index < -0.39 is 5.91 Å². The number of nitrogens with zero attached hydrogens (tertiary/aromatic N) is 4. The predicted molar refractivity (Wildman–Crippen MR) is 71.2 cm³/mol. The first-order valence-electron chi connectivity index (χ1n) is 6.04. The van der Waals surface area contributed by atoms with Crippen LogP contribution in [-0.2, 0) is 0 Å². The quantitative estimate of drug-likeness (QED) is 0.831. The number of rotatable bonds is 5. The second-order valence-corrected chi connectivity index (χ2v) is 4.16. The van der Waals surface area contributed by atoms with Gasteiger partial charge in [0.15, 0.2) is 5.82 Å². The van der Waals surface area contributed by atoms with Crippen LogP contribution in [0.5, 0.6) is 0 Å². The summed E-state index contributed by atoms with van der Waals surface area (Å²) in [6.45, 7) is 4.74. The standard InChI is InChI=1S/C12H16N6O/c1-3-4-14-12-15-5-8(2)11(17-12)18-7-9(6-16-18)10(13)19/h5-7H,3-4H2,1-2H3,(H2,13,19)(H,14,15,17). The molecule has 2 rings (SSSR count). The van der Waals surface area contributed by atoms with E-state index in [4.69, 9.17) is 5.73 Å². The van der Waals surface area contributed by atoms with Gasteiger partial charge in [-0.15, -0.1) is 0 Å². The maximum Gasteiger partial charge on any atom is 0.251 e. The van der Waals surface area contributed by atoms with Gasteiger partial charge in [-0.05, 0) is 13.3 Å². The van der Waals surface area contributed by atoms with Crippen LogP contribution in [0.15, 0.2) is 18.6 Å². The summed E-state index contributed by atoms with van der Waals surface area (Å²) >= 11 is 0. The van der Waals surface area contributed by atoms with Gasteiger partial charge >= 0.3 is 0 Å². The molecule has 0 saturated carbocycles. The fourth-order valence-corrected chi connectivity index (χ4v) is 1.55. The Balaban J connectivity index is 2.33. The monoisotopic (exact) mass is 260 g/mol. The molecule has 0 aliphatic carbocycles. The highest BCUT2D eigenvalue weighted by molar-refractivity contribution is 5.92. The third-order valence-electron chi connectivity index (χ3n) is 2.56. The van der Waals surface area contributed by atoms with Gasteiger partial charge in [0.1, 0.15) is 0 Å². The number of hydrogen-bond donors (Lipinski definition) is 2. The van der Waals surface area contributed by atoms with Crippen LogP contribution in [0.2, 0.25) is 0 Å². The minimum absolute atomic E-state index is 0.348. The third-order valence-corrected chi connectivity index (χ3v) is 2.56. The Morgan fingerprint density at radius 1 is 1.47 bits per heavy atom. The van der Waals surface area contributed by atoms with Crippen LogP contribution in [0.3, 0.4) is 0 Å². The summed E-state index contributed by atoms with van der Waals surface area (Å²) in [5, 5.41) is 7.19. The van der Waals surface area contributed by atoms with Crippen LogP contribution in [0.4, 0.5) is 5.95 Å². The first kappa shape index (κ1) is 13.0. The molecule has 1 amide bonds. The molecule has 0 unspecified atom stereocenters. The second-order valence-electron chi connectivity index (χ2n) is 4.16. The van der Waals surface area contributed by atoms with E-state index in [9.17, 15) is 4.79 Å². The molecule has 19 heavy (non-hydrogen) atoms. The molecule has 0 aromatic carbocycles. The van der Waals surface area contributed by atoms with Crippen molar-refractivity contribution >= 4 is 11.9 Å². The Kier molecular flexibility index (Phi) is 3.74. The van der Waals surface area contributed by atoms with E-state index in [1.54, 1.807) is 12.4 Å². The number of hydrogen-bond acceptors (Lipinski definition) is 5. The molecule has 0 spiro atoms. The van der Waals surface area contributed by atoms with E-state index in [1.807, 2.05) is 6.92 Å². The Morgan fingerprint density at radius 2 is 2.26 bits per heavy atom. The number of primary amides is 1. The van der Waals surface area contributed by atoms with Gasteiger partial charge in [0.2, 0.25) is 5.95 Å². The van der Waals surface area contributed by atoms with Crippen molar-refractivity contribution < 1.29 is 4.79 Å². The molecular weight excluding hydrogens is 244 g/mol. The van der Waals surface area contributed by atoms with E-state index in [-0.39, 0.29) is 0 Å². The lowest BCUT2D eigenvalue weighted by Crippen LogP contribution is -2.10. The van der Waals surface area contributed by atoms with Gasteiger partial charge in [-0.2, -0.15) is 10.1 Å². The van der Waals surface area contributed by atoms with Crippen molar-refractivity contribution in [2.75, 3.05) is 11.9 Å². The summed E-state index contributed by atoms with van der Waals surface area (Å²) in [6, 6.07) is 0. The number of carbonyl (C=O) groups is 1. The Bertz CT molecular complexity index is 592. The zero-order valence-corrected chi connectivity index (χ0v) is 10.9. The van der Waals surface area contributed by atoms with Crippen LogP contribution in [-0.4, -0.2) is 32.2 Å². The van der Waals surface area contributed by atoms with Crippen molar-refractivity contribution in [3.63, 3.8) is 0 Å². The minimum atomic E-state index is -0.512. The smallest absolute Gasteiger partial charge is 0.251 e. The van der Waals surface area contributed by atoms with Gasteiger partial charge in [0.05, 0.1) is 11.8 Å². The summed E-state index contributed by atoms with van der Waals surface area (Å²) in [7, 11) is 0. The lowest BCUT2D eigenvalue weighted by Gasteiger charge is -2.07. The number of anilines is 1. The molecule has 3 N–H and O–H groups in total. The molecule has 0 atom stereocenters. The van der Waals surface area contributed by atoms with Crippen molar-refractivity contribution in [3.8, 4) is 5.82 Å². The molecule has 0 aliphatic heterocycles.